The maximum Gasteiger partial charge on any atom is 0.107 e. The standard InChI is InChI=1S/C23H22BrN3.C2H6/c1-13-19(23(13)25)7-9-22-26-20-8-5-17(12-21(20)27-22)14-2-3-16-11-18(24)6-4-15(16)10-14;1-2/h2-6,8,10-13,19,23H,7,9,25H2,1H3,(H,26,27);1-2H3/t13-,19?,23?;/m1./s1. The quantitative estimate of drug-likeness (QED) is 0.364. The van der Waals surface area contributed by atoms with Crippen LogP contribution in [-0.2, 0) is 6.42 Å². The summed E-state index contributed by atoms with van der Waals surface area (Å²) in [6.07, 6.45) is 2.09. The third kappa shape index (κ3) is 4.10. The van der Waals surface area contributed by atoms with Crippen molar-refractivity contribution in [2.45, 2.75) is 39.7 Å². The van der Waals surface area contributed by atoms with E-state index in [2.05, 4.69) is 82.4 Å². The summed E-state index contributed by atoms with van der Waals surface area (Å²) in [5.41, 5.74) is 10.6. The maximum absolute atomic E-state index is 6.05. The molecule has 3 nitrogen and oxygen atoms in total. The van der Waals surface area contributed by atoms with E-state index in [0.29, 0.717) is 17.9 Å². The van der Waals surface area contributed by atoms with Gasteiger partial charge in [-0.25, -0.2) is 4.98 Å². The molecular weight excluding hydrogens is 422 g/mol. The predicted octanol–water partition coefficient (Wildman–Crippen LogP) is 6.70. The van der Waals surface area contributed by atoms with Crippen LogP contribution in [0.2, 0.25) is 0 Å². The van der Waals surface area contributed by atoms with Gasteiger partial charge in [-0.05, 0) is 70.5 Å². The van der Waals surface area contributed by atoms with Gasteiger partial charge in [0.1, 0.15) is 5.82 Å². The van der Waals surface area contributed by atoms with Gasteiger partial charge in [0.2, 0.25) is 0 Å². The van der Waals surface area contributed by atoms with Crippen LogP contribution in [-0.4, -0.2) is 16.0 Å². The first-order chi connectivity index (χ1) is 14.1. The minimum atomic E-state index is 0.384. The number of nitrogens with one attached hydrogen (secondary N) is 1. The zero-order valence-electron chi connectivity index (χ0n) is 17.2. The van der Waals surface area contributed by atoms with E-state index in [-0.39, 0.29) is 0 Å². The summed E-state index contributed by atoms with van der Waals surface area (Å²) in [7, 11) is 0. The van der Waals surface area contributed by atoms with Crippen LogP contribution in [0.5, 0.6) is 0 Å². The van der Waals surface area contributed by atoms with Crippen molar-refractivity contribution in [3.8, 4) is 11.1 Å². The van der Waals surface area contributed by atoms with E-state index < -0.39 is 0 Å². The molecule has 1 aliphatic carbocycles. The summed E-state index contributed by atoms with van der Waals surface area (Å²) in [5, 5.41) is 2.49. The molecule has 29 heavy (non-hydrogen) atoms. The lowest BCUT2D eigenvalue weighted by Gasteiger charge is -2.05. The number of aromatic amines is 1. The highest BCUT2D eigenvalue weighted by atomic mass is 79.9. The van der Waals surface area contributed by atoms with Gasteiger partial charge in [0, 0.05) is 16.9 Å². The molecule has 5 rings (SSSR count). The molecule has 0 radical (unpaired) electrons. The number of halogens is 1. The first-order valence-corrected chi connectivity index (χ1v) is 11.3. The van der Waals surface area contributed by atoms with E-state index in [9.17, 15) is 0 Å². The minimum Gasteiger partial charge on any atom is -0.342 e. The summed E-state index contributed by atoms with van der Waals surface area (Å²) in [4.78, 5) is 8.26. The van der Waals surface area contributed by atoms with Gasteiger partial charge in [0.25, 0.3) is 0 Å². The van der Waals surface area contributed by atoms with Gasteiger partial charge >= 0.3 is 0 Å². The smallest absolute Gasteiger partial charge is 0.107 e. The Kier molecular flexibility index (Phi) is 5.75. The van der Waals surface area contributed by atoms with Crippen molar-refractivity contribution in [1.82, 2.24) is 9.97 Å². The lowest BCUT2D eigenvalue weighted by atomic mass is 10.0. The molecule has 2 unspecified atom stereocenters. The first kappa shape index (κ1) is 20.1. The second kappa shape index (κ2) is 8.29. The Hall–Kier alpha value is -2.17. The third-order valence-corrected chi connectivity index (χ3v) is 6.51. The molecule has 0 bridgehead atoms. The van der Waals surface area contributed by atoms with Crippen molar-refractivity contribution < 1.29 is 0 Å². The molecule has 4 aromatic rings. The number of aryl methyl sites for hydroxylation is 1. The van der Waals surface area contributed by atoms with Gasteiger partial charge in [-0.2, -0.15) is 0 Å². The fourth-order valence-corrected chi connectivity index (χ4v) is 4.47. The van der Waals surface area contributed by atoms with Gasteiger partial charge in [0.05, 0.1) is 11.0 Å². The van der Waals surface area contributed by atoms with Gasteiger partial charge in [-0.15, -0.1) is 0 Å². The largest absolute Gasteiger partial charge is 0.342 e. The molecule has 3 aromatic carbocycles. The molecule has 0 amide bonds. The summed E-state index contributed by atoms with van der Waals surface area (Å²) in [6.45, 7) is 6.24. The molecule has 1 saturated carbocycles. The van der Waals surface area contributed by atoms with Gasteiger partial charge < -0.3 is 10.7 Å². The van der Waals surface area contributed by atoms with Crippen LogP contribution in [0, 0.1) is 11.8 Å². The Morgan fingerprint density at radius 1 is 0.966 bits per heavy atom. The number of rotatable bonds is 4. The van der Waals surface area contributed by atoms with Crippen molar-refractivity contribution in [3.05, 3.63) is 64.9 Å². The van der Waals surface area contributed by atoms with Crippen molar-refractivity contribution in [2.75, 3.05) is 0 Å². The van der Waals surface area contributed by atoms with Gasteiger partial charge in [-0.3, -0.25) is 0 Å². The molecule has 1 fully saturated rings. The Morgan fingerprint density at radius 3 is 2.38 bits per heavy atom. The molecule has 3 N–H and O–H groups in total. The van der Waals surface area contributed by atoms with E-state index >= 15 is 0 Å². The fraction of sp³-hybridized carbons (Fsp3) is 0.320. The van der Waals surface area contributed by atoms with Crippen molar-refractivity contribution in [3.63, 3.8) is 0 Å². The summed E-state index contributed by atoms with van der Waals surface area (Å²) in [6, 6.07) is 19.9. The van der Waals surface area contributed by atoms with E-state index in [0.717, 1.165) is 34.2 Å². The second-order valence-corrected chi connectivity index (χ2v) is 8.68. The molecule has 0 spiro atoms. The number of H-pyrrole nitrogens is 1. The SMILES string of the molecule is CC.C[C@H]1C(N)C1CCc1nc2ccc(-c3ccc4cc(Br)ccc4c3)cc2[nH]1. The predicted molar refractivity (Wildman–Crippen MR) is 127 cm³/mol. The molecule has 0 aliphatic heterocycles. The monoisotopic (exact) mass is 449 g/mol. The van der Waals surface area contributed by atoms with E-state index in [1.165, 1.54) is 21.9 Å². The topological polar surface area (TPSA) is 54.7 Å². The number of imidazole rings is 1. The zero-order valence-corrected chi connectivity index (χ0v) is 18.8. The molecule has 1 aromatic heterocycles. The molecule has 1 aliphatic rings. The van der Waals surface area contributed by atoms with Crippen LogP contribution in [0.1, 0.15) is 33.0 Å². The maximum atomic E-state index is 6.05. The van der Waals surface area contributed by atoms with Crippen molar-refractivity contribution in [2.24, 2.45) is 17.6 Å². The number of fused-ring (bicyclic) bond motifs is 2. The zero-order chi connectivity index (χ0) is 20.5. The van der Waals surface area contributed by atoms with Gasteiger partial charge in [-0.1, -0.05) is 61.0 Å². The van der Waals surface area contributed by atoms with E-state index in [1.807, 2.05) is 13.8 Å². The summed E-state index contributed by atoms with van der Waals surface area (Å²) in [5.74, 6) is 2.39. The Labute approximate surface area is 180 Å². The van der Waals surface area contributed by atoms with Crippen molar-refractivity contribution >= 4 is 37.7 Å². The number of nitrogens with two attached hydrogens (primary N) is 1. The number of benzene rings is 3. The minimum absolute atomic E-state index is 0.384. The Bertz CT molecular complexity index is 1140. The summed E-state index contributed by atoms with van der Waals surface area (Å²) < 4.78 is 1.11. The lowest BCUT2D eigenvalue weighted by Crippen LogP contribution is -2.03. The molecule has 1 heterocycles. The van der Waals surface area contributed by atoms with E-state index in [1.54, 1.807) is 0 Å². The molecule has 3 atom stereocenters. The highest BCUT2D eigenvalue weighted by Gasteiger charge is 2.42. The fourth-order valence-electron chi connectivity index (χ4n) is 4.09. The van der Waals surface area contributed by atoms with E-state index in [4.69, 9.17) is 10.7 Å². The average molecular weight is 450 g/mol. The average Bonchev–Trinajstić information content (AvgIpc) is 3.13. The highest BCUT2D eigenvalue weighted by molar-refractivity contribution is 9.10. The third-order valence-electron chi connectivity index (χ3n) is 6.02. The highest BCUT2D eigenvalue weighted by Crippen LogP contribution is 2.40. The molecule has 150 valence electrons. The van der Waals surface area contributed by atoms with Crippen molar-refractivity contribution in [1.29, 1.82) is 0 Å². The molecular formula is C25H28BrN3. The number of hydrogen-bond donors (Lipinski definition) is 2. The first-order valence-electron chi connectivity index (χ1n) is 10.5. The second-order valence-electron chi connectivity index (χ2n) is 7.76. The normalized spacial score (nSPS) is 20.5. The van der Waals surface area contributed by atoms with Crippen LogP contribution in [0.3, 0.4) is 0 Å². The number of nitrogens with zero attached hydrogens (tertiary/aromatic N) is 1. The van der Waals surface area contributed by atoms with Crippen LogP contribution < -0.4 is 5.73 Å². The van der Waals surface area contributed by atoms with Crippen LogP contribution in [0.4, 0.5) is 0 Å². The lowest BCUT2D eigenvalue weighted by molar-refractivity contribution is 0.652. The molecule has 4 heteroatoms. The number of hydrogen-bond acceptors (Lipinski definition) is 2. The summed E-state index contributed by atoms with van der Waals surface area (Å²) >= 11 is 3.54. The Balaban J connectivity index is 0.000000994. The van der Waals surface area contributed by atoms with Crippen LogP contribution >= 0.6 is 15.9 Å². The molecule has 0 saturated heterocycles. The Morgan fingerprint density at radius 2 is 1.62 bits per heavy atom. The van der Waals surface area contributed by atoms with Gasteiger partial charge in [0.15, 0.2) is 0 Å². The van der Waals surface area contributed by atoms with Crippen LogP contribution in [0.25, 0.3) is 32.9 Å². The number of aromatic nitrogens is 2. The van der Waals surface area contributed by atoms with Crippen LogP contribution in [0.15, 0.2) is 59.1 Å².